The Balaban J connectivity index is 2.57. The molecule has 0 saturated carbocycles. The first-order chi connectivity index (χ1) is 10.1. The van der Waals surface area contributed by atoms with Crippen LogP contribution in [0.5, 0.6) is 0 Å². The summed E-state index contributed by atoms with van der Waals surface area (Å²) >= 11 is 0. The number of benzene rings is 1. The third-order valence-corrected chi connectivity index (χ3v) is 4.09. The highest BCUT2D eigenvalue weighted by atomic mass is 16.3. The lowest BCUT2D eigenvalue weighted by Crippen LogP contribution is -2.35. The van der Waals surface area contributed by atoms with E-state index in [1.54, 1.807) is 0 Å². The molecule has 0 fully saturated rings. The van der Waals surface area contributed by atoms with E-state index in [2.05, 4.69) is 56.9 Å². The summed E-state index contributed by atoms with van der Waals surface area (Å²) in [5.41, 5.74) is 2.40. The summed E-state index contributed by atoms with van der Waals surface area (Å²) in [7, 11) is 0. The minimum atomic E-state index is -0.385. The van der Waals surface area contributed by atoms with Gasteiger partial charge in [-0.05, 0) is 44.4 Å². The number of unbranched alkanes of at least 4 members (excludes halogenated alkanes) is 2. The second-order valence-electron chi connectivity index (χ2n) is 6.30. The number of aryl methyl sites for hydroxylation is 1. The van der Waals surface area contributed by atoms with E-state index >= 15 is 0 Å². The van der Waals surface area contributed by atoms with Crippen molar-refractivity contribution in [1.82, 2.24) is 4.90 Å². The van der Waals surface area contributed by atoms with Crippen molar-refractivity contribution in [3.05, 3.63) is 35.4 Å². The Kier molecular flexibility index (Phi) is 8.63. The van der Waals surface area contributed by atoms with Crippen molar-refractivity contribution in [3.63, 3.8) is 0 Å². The highest BCUT2D eigenvalue weighted by molar-refractivity contribution is 5.24. The van der Waals surface area contributed by atoms with E-state index < -0.39 is 0 Å². The molecule has 21 heavy (non-hydrogen) atoms. The summed E-state index contributed by atoms with van der Waals surface area (Å²) in [6, 6.07) is 8.95. The van der Waals surface area contributed by atoms with E-state index in [1.165, 1.54) is 31.2 Å². The van der Waals surface area contributed by atoms with Gasteiger partial charge in [0, 0.05) is 12.6 Å². The van der Waals surface area contributed by atoms with Gasteiger partial charge < -0.3 is 5.11 Å². The number of nitrogens with zero attached hydrogens (tertiary/aromatic N) is 1. The Morgan fingerprint density at radius 3 is 2.19 bits per heavy atom. The van der Waals surface area contributed by atoms with Gasteiger partial charge >= 0.3 is 0 Å². The van der Waals surface area contributed by atoms with Crippen LogP contribution in [0.25, 0.3) is 0 Å². The molecule has 1 N–H and O–H groups in total. The predicted molar refractivity (Wildman–Crippen MR) is 91.6 cm³/mol. The van der Waals surface area contributed by atoms with Gasteiger partial charge in [-0.1, -0.05) is 57.4 Å². The first-order valence-electron chi connectivity index (χ1n) is 8.59. The fraction of sp³-hybridized carbons (Fsp3) is 0.684. The zero-order chi connectivity index (χ0) is 15.7. The summed E-state index contributed by atoms with van der Waals surface area (Å²) in [5, 5.41) is 10.5. The van der Waals surface area contributed by atoms with E-state index in [9.17, 15) is 5.11 Å². The number of rotatable bonds is 10. The van der Waals surface area contributed by atoms with Crippen molar-refractivity contribution in [3.8, 4) is 0 Å². The van der Waals surface area contributed by atoms with Crippen molar-refractivity contribution < 1.29 is 5.11 Å². The maximum atomic E-state index is 10.5. The molecule has 2 heteroatoms. The molecule has 0 aliphatic carbocycles. The molecule has 1 aromatic carbocycles. The maximum Gasteiger partial charge on any atom is 0.0917 e. The minimum Gasteiger partial charge on any atom is -0.387 e. The van der Waals surface area contributed by atoms with Crippen LogP contribution in [0, 0.1) is 0 Å². The van der Waals surface area contributed by atoms with Crippen LogP contribution in [0.4, 0.5) is 0 Å². The smallest absolute Gasteiger partial charge is 0.0917 e. The van der Waals surface area contributed by atoms with Gasteiger partial charge in [-0.3, -0.25) is 4.90 Å². The zero-order valence-corrected chi connectivity index (χ0v) is 14.3. The lowest BCUT2D eigenvalue weighted by atomic mass is 10.0. The van der Waals surface area contributed by atoms with E-state index in [1.807, 2.05) is 0 Å². The van der Waals surface area contributed by atoms with E-state index in [0.29, 0.717) is 6.04 Å². The quantitative estimate of drug-likeness (QED) is 0.638. The molecule has 2 nitrogen and oxygen atoms in total. The molecule has 1 atom stereocenters. The van der Waals surface area contributed by atoms with Gasteiger partial charge in [0.05, 0.1) is 6.10 Å². The molecule has 0 bridgehead atoms. The van der Waals surface area contributed by atoms with Gasteiger partial charge in [0.15, 0.2) is 0 Å². The van der Waals surface area contributed by atoms with Crippen molar-refractivity contribution in [1.29, 1.82) is 0 Å². The van der Waals surface area contributed by atoms with Crippen molar-refractivity contribution in [2.24, 2.45) is 0 Å². The normalized spacial score (nSPS) is 13.1. The molecule has 0 heterocycles. The van der Waals surface area contributed by atoms with Crippen LogP contribution in [-0.2, 0) is 6.42 Å². The molecular formula is C19H33NO. The van der Waals surface area contributed by atoms with Crippen LogP contribution < -0.4 is 0 Å². The Bertz CT molecular complexity index is 372. The van der Waals surface area contributed by atoms with Crippen LogP contribution in [0.15, 0.2) is 24.3 Å². The van der Waals surface area contributed by atoms with Gasteiger partial charge in [-0.25, -0.2) is 0 Å². The number of hydrogen-bond donors (Lipinski definition) is 1. The average Bonchev–Trinajstić information content (AvgIpc) is 2.47. The molecule has 0 saturated heterocycles. The summed E-state index contributed by atoms with van der Waals surface area (Å²) in [6.07, 6.45) is 5.63. The lowest BCUT2D eigenvalue weighted by molar-refractivity contribution is 0.0942. The Labute approximate surface area is 131 Å². The summed E-state index contributed by atoms with van der Waals surface area (Å²) in [5.74, 6) is 0. The van der Waals surface area contributed by atoms with Gasteiger partial charge in [0.1, 0.15) is 0 Å². The molecule has 0 aromatic heterocycles. The SMILES string of the molecule is CCCCCN(CC(O)c1ccc(CCC)cc1)C(C)C. The molecule has 1 aromatic rings. The van der Waals surface area contributed by atoms with Crippen molar-refractivity contribution >= 4 is 0 Å². The molecular weight excluding hydrogens is 258 g/mol. The van der Waals surface area contributed by atoms with Crippen LogP contribution in [0.1, 0.15) is 70.6 Å². The summed E-state index contributed by atoms with van der Waals surface area (Å²) in [4.78, 5) is 2.39. The first kappa shape index (κ1) is 18.2. The van der Waals surface area contributed by atoms with Gasteiger partial charge in [0.2, 0.25) is 0 Å². The first-order valence-corrected chi connectivity index (χ1v) is 8.59. The predicted octanol–water partition coefficient (Wildman–Crippen LogP) is 4.57. The van der Waals surface area contributed by atoms with Crippen LogP contribution in [0.3, 0.4) is 0 Å². The van der Waals surface area contributed by atoms with Crippen LogP contribution in [0.2, 0.25) is 0 Å². The van der Waals surface area contributed by atoms with Gasteiger partial charge in [-0.15, -0.1) is 0 Å². The fourth-order valence-electron chi connectivity index (χ4n) is 2.65. The highest BCUT2D eigenvalue weighted by Gasteiger charge is 2.15. The zero-order valence-electron chi connectivity index (χ0n) is 14.3. The highest BCUT2D eigenvalue weighted by Crippen LogP contribution is 2.17. The number of hydrogen-bond acceptors (Lipinski definition) is 2. The molecule has 0 amide bonds. The van der Waals surface area contributed by atoms with E-state index in [-0.39, 0.29) is 6.10 Å². The summed E-state index contributed by atoms with van der Waals surface area (Å²) < 4.78 is 0. The van der Waals surface area contributed by atoms with Crippen molar-refractivity contribution in [2.45, 2.75) is 71.9 Å². The molecule has 0 spiro atoms. The Morgan fingerprint density at radius 1 is 1.00 bits per heavy atom. The summed E-state index contributed by atoms with van der Waals surface area (Å²) in [6.45, 7) is 10.7. The molecule has 0 aliphatic heterocycles. The standard InChI is InChI=1S/C19H33NO/c1-5-7-8-14-20(16(3)4)15-19(21)18-12-10-17(9-6-2)11-13-18/h10-13,16,19,21H,5-9,14-15H2,1-4H3. The van der Waals surface area contributed by atoms with Crippen LogP contribution in [-0.4, -0.2) is 29.1 Å². The Hall–Kier alpha value is -0.860. The maximum absolute atomic E-state index is 10.5. The third kappa shape index (κ3) is 6.62. The molecule has 0 aliphatic rings. The van der Waals surface area contributed by atoms with Gasteiger partial charge in [-0.2, -0.15) is 0 Å². The van der Waals surface area contributed by atoms with Crippen molar-refractivity contribution in [2.75, 3.05) is 13.1 Å². The third-order valence-electron chi connectivity index (χ3n) is 4.09. The molecule has 1 unspecified atom stereocenters. The second kappa shape index (κ2) is 9.97. The molecule has 120 valence electrons. The largest absolute Gasteiger partial charge is 0.387 e. The Morgan fingerprint density at radius 2 is 1.67 bits per heavy atom. The van der Waals surface area contributed by atoms with E-state index in [4.69, 9.17) is 0 Å². The lowest BCUT2D eigenvalue weighted by Gasteiger charge is -2.29. The number of aliphatic hydroxyl groups is 1. The molecule has 0 radical (unpaired) electrons. The minimum absolute atomic E-state index is 0.385. The average molecular weight is 291 g/mol. The number of aliphatic hydroxyl groups excluding tert-OH is 1. The second-order valence-corrected chi connectivity index (χ2v) is 6.30. The monoisotopic (exact) mass is 291 g/mol. The van der Waals surface area contributed by atoms with Gasteiger partial charge in [0.25, 0.3) is 0 Å². The topological polar surface area (TPSA) is 23.5 Å². The molecule has 1 rings (SSSR count). The van der Waals surface area contributed by atoms with E-state index in [0.717, 1.165) is 25.1 Å². The van der Waals surface area contributed by atoms with Crippen LogP contribution >= 0.6 is 0 Å². The fourth-order valence-corrected chi connectivity index (χ4v) is 2.65.